The first-order valence-corrected chi connectivity index (χ1v) is 8.38. The number of aryl methyl sites for hydroxylation is 1. The van der Waals surface area contributed by atoms with Crippen LogP contribution in [0.25, 0.3) is 11.0 Å². The van der Waals surface area contributed by atoms with E-state index in [1.54, 1.807) is 25.3 Å². The largest absolute Gasteiger partial charge is 0.456 e. The summed E-state index contributed by atoms with van der Waals surface area (Å²) < 4.78 is 7.90. The van der Waals surface area contributed by atoms with Crippen LogP contribution in [0.4, 0.5) is 0 Å². The van der Waals surface area contributed by atoms with Crippen molar-refractivity contribution < 1.29 is 9.53 Å². The van der Waals surface area contributed by atoms with Crippen LogP contribution in [0.1, 0.15) is 41.6 Å². The number of carbonyl (C=O) groups is 1. The van der Waals surface area contributed by atoms with E-state index in [9.17, 15) is 4.79 Å². The molecule has 3 aromatic heterocycles. The average Bonchev–Trinajstić information content (AvgIpc) is 2.94. The minimum absolute atomic E-state index is 0.112. The second-order valence-corrected chi connectivity index (χ2v) is 6.56. The number of hydrogen-bond acceptors (Lipinski definition) is 5. The van der Waals surface area contributed by atoms with E-state index < -0.39 is 5.97 Å². The molecule has 3 heterocycles. The van der Waals surface area contributed by atoms with Gasteiger partial charge in [0.25, 0.3) is 0 Å². The van der Waals surface area contributed by atoms with E-state index in [4.69, 9.17) is 4.74 Å². The van der Waals surface area contributed by atoms with Gasteiger partial charge in [0.1, 0.15) is 11.2 Å². The van der Waals surface area contributed by atoms with Crippen LogP contribution in [0.3, 0.4) is 0 Å². The van der Waals surface area contributed by atoms with Crippen molar-refractivity contribution in [1.29, 1.82) is 0 Å². The lowest BCUT2D eigenvalue weighted by Crippen LogP contribution is -2.10. The summed E-state index contributed by atoms with van der Waals surface area (Å²) in [4.78, 5) is 21.1. The number of esters is 1. The third-order valence-electron chi connectivity index (χ3n) is 3.59. The lowest BCUT2D eigenvalue weighted by molar-refractivity contribution is 0.0466. The van der Waals surface area contributed by atoms with Gasteiger partial charge in [-0.25, -0.2) is 19.4 Å². The van der Waals surface area contributed by atoms with Crippen molar-refractivity contribution in [3.63, 3.8) is 0 Å². The molecular formula is C17H17BrN4O2. The Morgan fingerprint density at radius 3 is 2.83 bits per heavy atom. The number of fused-ring (bicyclic) bond motifs is 1. The molecule has 0 unspecified atom stereocenters. The van der Waals surface area contributed by atoms with Gasteiger partial charge in [-0.15, -0.1) is 0 Å². The van der Waals surface area contributed by atoms with Crippen LogP contribution in [0.5, 0.6) is 0 Å². The van der Waals surface area contributed by atoms with Crippen molar-refractivity contribution >= 4 is 32.9 Å². The smallest absolute Gasteiger partial charge is 0.340 e. The number of ether oxygens (including phenoxy) is 1. The zero-order chi connectivity index (χ0) is 17.3. The SMILES string of the molecule is Cc1nc2c(cnn2C(C)C)cc1C(=O)OCc1cccc(Br)n1. The highest BCUT2D eigenvalue weighted by Crippen LogP contribution is 2.20. The van der Waals surface area contributed by atoms with E-state index in [1.807, 2.05) is 30.7 Å². The molecule has 124 valence electrons. The Morgan fingerprint density at radius 1 is 1.33 bits per heavy atom. The maximum Gasteiger partial charge on any atom is 0.340 e. The Hall–Kier alpha value is -2.28. The molecule has 0 bridgehead atoms. The molecule has 0 aromatic carbocycles. The van der Waals surface area contributed by atoms with Crippen molar-refractivity contribution in [1.82, 2.24) is 19.7 Å². The highest BCUT2D eigenvalue weighted by molar-refractivity contribution is 9.10. The Bertz CT molecular complexity index is 905. The molecule has 24 heavy (non-hydrogen) atoms. The topological polar surface area (TPSA) is 69.9 Å². The van der Waals surface area contributed by atoms with Gasteiger partial charge in [0.2, 0.25) is 0 Å². The number of aromatic nitrogens is 4. The fourth-order valence-electron chi connectivity index (χ4n) is 2.40. The molecule has 0 N–H and O–H groups in total. The summed E-state index contributed by atoms with van der Waals surface area (Å²) in [6.45, 7) is 5.99. The van der Waals surface area contributed by atoms with Crippen LogP contribution in [0, 0.1) is 6.92 Å². The second kappa shape index (κ2) is 6.68. The Labute approximate surface area is 148 Å². The summed E-state index contributed by atoms with van der Waals surface area (Å²) in [5, 5.41) is 5.15. The molecule has 3 aromatic rings. The lowest BCUT2D eigenvalue weighted by atomic mass is 10.2. The number of rotatable bonds is 4. The van der Waals surface area contributed by atoms with Gasteiger partial charge in [0, 0.05) is 11.4 Å². The molecule has 0 amide bonds. The maximum absolute atomic E-state index is 12.4. The fraction of sp³-hybridized carbons (Fsp3) is 0.294. The molecule has 0 atom stereocenters. The van der Waals surface area contributed by atoms with Gasteiger partial charge in [-0.3, -0.25) is 0 Å². The summed E-state index contributed by atoms with van der Waals surface area (Å²) >= 11 is 3.30. The molecule has 0 aliphatic heterocycles. The molecule has 0 spiro atoms. The standard InChI is InChI=1S/C17H17BrN4O2/c1-10(2)22-16-12(8-19-22)7-14(11(3)20-16)17(23)24-9-13-5-4-6-15(18)21-13/h4-8,10H,9H2,1-3H3. The summed E-state index contributed by atoms with van der Waals surface area (Å²) in [6.07, 6.45) is 1.72. The first kappa shape index (κ1) is 16.6. The van der Waals surface area contributed by atoms with E-state index in [1.165, 1.54) is 0 Å². The maximum atomic E-state index is 12.4. The number of pyridine rings is 2. The van der Waals surface area contributed by atoms with E-state index in [0.717, 1.165) is 11.0 Å². The molecule has 0 saturated carbocycles. The Morgan fingerprint density at radius 2 is 2.12 bits per heavy atom. The minimum atomic E-state index is -0.416. The predicted octanol–water partition coefficient (Wildman–Crippen LogP) is 3.84. The molecule has 0 saturated heterocycles. The van der Waals surface area contributed by atoms with Crippen molar-refractivity contribution in [2.24, 2.45) is 0 Å². The zero-order valence-corrected chi connectivity index (χ0v) is 15.2. The van der Waals surface area contributed by atoms with Gasteiger partial charge in [-0.05, 0) is 54.9 Å². The quantitative estimate of drug-likeness (QED) is 0.501. The van der Waals surface area contributed by atoms with E-state index >= 15 is 0 Å². The number of hydrogen-bond donors (Lipinski definition) is 0. The third kappa shape index (κ3) is 3.31. The summed E-state index contributed by atoms with van der Waals surface area (Å²) in [6, 6.07) is 7.45. The monoisotopic (exact) mass is 388 g/mol. The van der Waals surface area contributed by atoms with Crippen molar-refractivity contribution in [3.05, 3.63) is 52.0 Å². The molecule has 0 radical (unpaired) electrons. The first-order chi connectivity index (χ1) is 11.5. The van der Waals surface area contributed by atoms with Crippen LogP contribution in [-0.4, -0.2) is 25.7 Å². The lowest BCUT2D eigenvalue weighted by Gasteiger charge is -2.09. The van der Waals surface area contributed by atoms with Gasteiger partial charge in [-0.2, -0.15) is 5.10 Å². The van der Waals surface area contributed by atoms with E-state index in [2.05, 4.69) is 31.0 Å². The zero-order valence-electron chi connectivity index (χ0n) is 13.7. The molecule has 0 aliphatic carbocycles. The normalized spacial score (nSPS) is 11.2. The second-order valence-electron chi connectivity index (χ2n) is 5.74. The average molecular weight is 389 g/mol. The molecule has 7 heteroatoms. The van der Waals surface area contributed by atoms with E-state index in [0.29, 0.717) is 21.6 Å². The highest BCUT2D eigenvalue weighted by atomic mass is 79.9. The van der Waals surface area contributed by atoms with Crippen LogP contribution < -0.4 is 0 Å². The van der Waals surface area contributed by atoms with Crippen LogP contribution >= 0.6 is 15.9 Å². The van der Waals surface area contributed by atoms with Crippen molar-refractivity contribution in [2.75, 3.05) is 0 Å². The summed E-state index contributed by atoms with van der Waals surface area (Å²) in [5.74, 6) is -0.416. The summed E-state index contributed by atoms with van der Waals surface area (Å²) in [7, 11) is 0. The summed E-state index contributed by atoms with van der Waals surface area (Å²) in [5.41, 5.74) is 2.52. The first-order valence-electron chi connectivity index (χ1n) is 7.59. The number of carbonyl (C=O) groups excluding carboxylic acids is 1. The van der Waals surface area contributed by atoms with Gasteiger partial charge < -0.3 is 4.74 Å². The Kier molecular flexibility index (Phi) is 4.62. The minimum Gasteiger partial charge on any atom is -0.456 e. The predicted molar refractivity (Wildman–Crippen MR) is 93.7 cm³/mol. The van der Waals surface area contributed by atoms with Crippen LogP contribution in [0.2, 0.25) is 0 Å². The molecule has 0 fully saturated rings. The van der Waals surface area contributed by atoms with Gasteiger partial charge in [0.15, 0.2) is 5.65 Å². The number of halogens is 1. The molecular weight excluding hydrogens is 372 g/mol. The molecule has 0 aliphatic rings. The van der Waals surface area contributed by atoms with Crippen LogP contribution in [-0.2, 0) is 11.3 Å². The van der Waals surface area contributed by atoms with Gasteiger partial charge in [-0.1, -0.05) is 6.07 Å². The Balaban J connectivity index is 1.83. The third-order valence-corrected chi connectivity index (χ3v) is 4.03. The highest BCUT2D eigenvalue weighted by Gasteiger charge is 2.16. The van der Waals surface area contributed by atoms with Crippen molar-refractivity contribution in [2.45, 2.75) is 33.4 Å². The van der Waals surface area contributed by atoms with Gasteiger partial charge in [0.05, 0.1) is 23.1 Å². The van der Waals surface area contributed by atoms with Gasteiger partial charge >= 0.3 is 5.97 Å². The van der Waals surface area contributed by atoms with Crippen molar-refractivity contribution in [3.8, 4) is 0 Å². The molecule has 3 rings (SSSR count). The molecule has 6 nitrogen and oxygen atoms in total. The van der Waals surface area contributed by atoms with Crippen LogP contribution in [0.15, 0.2) is 35.1 Å². The number of nitrogens with zero attached hydrogens (tertiary/aromatic N) is 4. The fourth-order valence-corrected chi connectivity index (χ4v) is 2.78. The van der Waals surface area contributed by atoms with E-state index in [-0.39, 0.29) is 12.6 Å².